The van der Waals surface area contributed by atoms with Crippen molar-refractivity contribution in [2.45, 2.75) is 12.5 Å². The molecule has 0 fully saturated rings. The van der Waals surface area contributed by atoms with E-state index in [9.17, 15) is 9.90 Å². The molecule has 0 aromatic heterocycles. The van der Waals surface area contributed by atoms with E-state index in [-0.39, 0.29) is 11.3 Å². The molecule has 0 spiro atoms. The molecule has 1 heterocycles. The molecule has 0 amide bonds. The van der Waals surface area contributed by atoms with E-state index in [2.05, 4.69) is 0 Å². The van der Waals surface area contributed by atoms with E-state index in [0.717, 1.165) is 11.3 Å². The lowest BCUT2D eigenvalue weighted by Crippen LogP contribution is -2.22. The number of phenolic OH excluding ortho intramolecular Hbond substituents is 1. The van der Waals surface area contributed by atoms with Crippen molar-refractivity contribution in [3.63, 3.8) is 0 Å². The summed E-state index contributed by atoms with van der Waals surface area (Å²) in [5.41, 5.74) is 1.81. The zero-order chi connectivity index (χ0) is 15.7. The number of phenols is 1. The Morgan fingerprint density at radius 2 is 1.77 bits per heavy atom. The van der Waals surface area contributed by atoms with Crippen molar-refractivity contribution in [1.29, 1.82) is 0 Å². The molecule has 0 aliphatic carbocycles. The molecule has 0 bridgehead atoms. The molecule has 1 aliphatic heterocycles. The number of fused-ring (bicyclic) bond motifs is 1. The standard InChI is InChI=1S/C17H16O5/c1-20-12-5-3-10(4-6-12)15-8-11-7-13(21-2)9-14(18)16(11)17(19)22-15/h3-7,9,15,18H,8H2,1-2H3/t15-/m0/s1. The van der Waals surface area contributed by atoms with Crippen LogP contribution in [0, 0.1) is 0 Å². The molecular weight excluding hydrogens is 284 g/mol. The number of methoxy groups -OCH3 is 2. The monoisotopic (exact) mass is 300 g/mol. The molecule has 1 N–H and O–H groups in total. The predicted octanol–water partition coefficient (Wildman–Crippen LogP) is 2.86. The second-order valence-corrected chi connectivity index (χ2v) is 5.05. The molecule has 0 saturated heterocycles. The Labute approximate surface area is 128 Å². The van der Waals surface area contributed by atoms with Crippen LogP contribution in [0.1, 0.15) is 27.6 Å². The Morgan fingerprint density at radius 1 is 1.09 bits per heavy atom. The van der Waals surface area contributed by atoms with E-state index >= 15 is 0 Å². The van der Waals surface area contributed by atoms with Crippen LogP contribution < -0.4 is 9.47 Å². The summed E-state index contributed by atoms with van der Waals surface area (Å²) >= 11 is 0. The van der Waals surface area contributed by atoms with Crippen molar-refractivity contribution in [2.24, 2.45) is 0 Å². The topological polar surface area (TPSA) is 65.0 Å². The number of hydrogen-bond acceptors (Lipinski definition) is 5. The van der Waals surface area contributed by atoms with E-state index in [1.165, 1.54) is 13.2 Å². The molecule has 5 heteroatoms. The zero-order valence-electron chi connectivity index (χ0n) is 12.3. The van der Waals surface area contributed by atoms with Gasteiger partial charge in [0.15, 0.2) is 0 Å². The van der Waals surface area contributed by atoms with Crippen LogP contribution in [0.4, 0.5) is 0 Å². The Morgan fingerprint density at radius 3 is 2.41 bits per heavy atom. The molecular formula is C17H16O5. The largest absolute Gasteiger partial charge is 0.507 e. The fraction of sp³-hybridized carbons (Fsp3) is 0.235. The normalized spacial score (nSPS) is 16.6. The van der Waals surface area contributed by atoms with Gasteiger partial charge in [0.05, 0.1) is 14.2 Å². The average molecular weight is 300 g/mol. The molecule has 0 saturated carbocycles. The maximum absolute atomic E-state index is 12.2. The van der Waals surface area contributed by atoms with Crippen molar-refractivity contribution in [2.75, 3.05) is 14.2 Å². The van der Waals surface area contributed by atoms with Crippen LogP contribution in [-0.4, -0.2) is 25.3 Å². The van der Waals surface area contributed by atoms with Crippen LogP contribution in [-0.2, 0) is 11.2 Å². The smallest absolute Gasteiger partial charge is 0.342 e. The molecule has 2 aromatic rings. The van der Waals surface area contributed by atoms with Gasteiger partial charge in [-0.25, -0.2) is 4.79 Å². The zero-order valence-corrected chi connectivity index (χ0v) is 12.3. The maximum atomic E-state index is 12.2. The second kappa shape index (κ2) is 5.60. The molecule has 0 radical (unpaired) electrons. The Hall–Kier alpha value is -2.69. The molecule has 22 heavy (non-hydrogen) atoms. The van der Waals surface area contributed by atoms with Crippen LogP contribution in [0.3, 0.4) is 0 Å². The predicted molar refractivity (Wildman–Crippen MR) is 79.5 cm³/mol. The lowest BCUT2D eigenvalue weighted by Gasteiger charge is -2.26. The molecule has 114 valence electrons. The minimum absolute atomic E-state index is 0.118. The first-order chi connectivity index (χ1) is 10.6. The summed E-state index contributed by atoms with van der Waals surface area (Å²) in [5, 5.41) is 9.97. The van der Waals surface area contributed by atoms with Gasteiger partial charge in [-0.1, -0.05) is 12.1 Å². The molecule has 1 atom stereocenters. The van der Waals surface area contributed by atoms with Crippen molar-refractivity contribution >= 4 is 5.97 Å². The van der Waals surface area contributed by atoms with Crippen LogP contribution in [0.5, 0.6) is 17.2 Å². The highest BCUT2D eigenvalue weighted by molar-refractivity contribution is 5.95. The third kappa shape index (κ3) is 2.45. The van der Waals surface area contributed by atoms with Gasteiger partial charge in [-0.15, -0.1) is 0 Å². The molecule has 3 rings (SSSR count). The first-order valence-corrected chi connectivity index (χ1v) is 6.87. The van der Waals surface area contributed by atoms with Gasteiger partial charge in [0, 0.05) is 12.5 Å². The van der Waals surface area contributed by atoms with Crippen LogP contribution >= 0.6 is 0 Å². The van der Waals surface area contributed by atoms with E-state index in [0.29, 0.717) is 17.7 Å². The summed E-state index contributed by atoms with van der Waals surface area (Å²) in [7, 11) is 3.12. The quantitative estimate of drug-likeness (QED) is 0.883. The molecule has 2 aromatic carbocycles. The van der Waals surface area contributed by atoms with Gasteiger partial charge in [0.2, 0.25) is 0 Å². The van der Waals surface area contributed by atoms with Gasteiger partial charge < -0.3 is 19.3 Å². The molecule has 0 unspecified atom stereocenters. The minimum atomic E-state index is -0.526. The summed E-state index contributed by atoms with van der Waals surface area (Å²) in [6, 6.07) is 10.5. The number of rotatable bonds is 3. The average Bonchev–Trinajstić information content (AvgIpc) is 2.54. The lowest BCUT2D eigenvalue weighted by molar-refractivity contribution is 0.0248. The number of hydrogen-bond donors (Lipinski definition) is 1. The van der Waals surface area contributed by atoms with E-state index in [1.807, 2.05) is 24.3 Å². The fourth-order valence-electron chi connectivity index (χ4n) is 2.61. The van der Waals surface area contributed by atoms with E-state index in [4.69, 9.17) is 14.2 Å². The van der Waals surface area contributed by atoms with Crippen LogP contribution in [0.15, 0.2) is 36.4 Å². The third-order valence-electron chi connectivity index (χ3n) is 3.75. The van der Waals surface area contributed by atoms with E-state index in [1.54, 1.807) is 13.2 Å². The van der Waals surface area contributed by atoms with Gasteiger partial charge in [-0.2, -0.15) is 0 Å². The Bertz CT molecular complexity index is 706. The lowest BCUT2D eigenvalue weighted by atomic mass is 9.94. The van der Waals surface area contributed by atoms with Gasteiger partial charge >= 0.3 is 5.97 Å². The van der Waals surface area contributed by atoms with Gasteiger partial charge in [-0.3, -0.25) is 0 Å². The number of cyclic esters (lactones) is 1. The van der Waals surface area contributed by atoms with E-state index < -0.39 is 12.1 Å². The fourth-order valence-corrected chi connectivity index (χ4v) is 2.61. The summed E-state index contributed by atoms with van der Waals surface area (Å²) in [6.45, 7) is 0. The molecule has 1 aliphatic rings. The summed E-state index contributed by atoms with van der Waals surface area (Å²) in [4.78, 5) is 12.2. The number of ether oxygens (including phenoxy) is 3. The maximum Gasteiger partial charge on any atom is 0.342 e. The summed E-state index contributed by atoms with van der Waals surface area (Å²) in [6.07, 6.45) is 0.0930. The highest BCUT2D eigenvalue weighted by Crippen LogP contribution is 2.37. The van der Waals surface area contributed by atoms with Crippen molar-refractivity contribution in [3.05, 3.63) is 53.1 Å². The highest BCUT2D eigenvalue weighted by atomic mass is 16.5. The van der Waals surface area contributed by atoms with Crippen molar-refractivity contribution < 1.29 is 24.1 Å². The number of aromatic hydroxyl groups is 1. The number of esters is 1. The van der Waals surface area contributed by atoms with Gasteiger partial charge in [-0.05, 0) is 29.3 Å². The van der Waals surface area contributed by atoms with Crippen molar-refractivity contribution in [3.8, 4) is 17.2 Å². The second-order valence-electron chi connectivity index (χ2n) is 5.05. The van der Waals surface area contributed by atoms with Gasteiger partial charge in [0.25, 0.3) is 0 Å². The summed E-state index contributed by atoms with van der Waals surface area (Å²) < 4.78 is 15.7. The minimum Gasteiger partial charge on any atom is -0.507 e. The SMILES string of the molecule is COc1ccc([C@@H]2Cc3cc(OC)cc(O)c3C(=O)O2)cc1. The van der Waals surface area contributed by atoms with Crippen LogP contribution in [0.2, 0.25) is 0 Å². The van der Waals surface area contributed by atoms with Crippen molar-refractivity contribution in [1.82, 2.24) is 0 Å². The Kier molecular flexibility index (Phi) is 3.63. The number of benzene rings is 2. The summed E-state index contributed by atoms with van der Waals surface area (Å²) in [5.74, 6) is 0.611. The first kappa shape index (κ1) is 14.3. The first-order valence-electron chi connectivity index (χ1n) is 6.87. The highest BCUT2D eigenvalue weighted by Gasteiger charge is 2.30. The third-order valence-corrected chi connectivity index (χ3v) is 3.75. The number of carbonyl (C=O) groups is 1. The molecule has 5 nitrogen and oxygen atoms in total. The van der Waals surface area contributed by atoms with Gasteiger partial charge in [0.1, 0.15) is 28.9 Å². The Balaban J connectivity index is 1.95. The van der Waals surface area contributed by atoms with Crippen LogP contribution in [0.25, 0.3) is 0 Å². The number of carbonyl (C=O) groups excluding carboxylic acids is 1.